The Labute approximate surface area is 205 Å². The highest BCUT2D eigenvalue weighted by atomic mass is 32.1. The molecule has 35 heavy (non-hydrogen) atoms. The predicted octanol–water partition coefficient (Wildman–Crippen LogP) is 2.91. The molecule has 1 aliphatic carbocycles. The van der Waals surface area contributed by atoms with E-state index in [4.69, 9.17) is 15.8 Å². The van der Waals surface area contributed by atoms with Crippen LogP contribution in [-0.2, 0) is 12.8 Å². The molecule has 4 heterocycles. The molecule has 0 bridgehead atoms. The smallest absolute Gasteiger partial charge is 0.404 e. The maximum atomic E-state index is 13.4. The molecule has 9 nitrogen and oxygen atoms in total. The minimum absolute atomic E-state index is 0.0335. The third kappa shape index (κ3) is 4.60. The van der Waals surface area contributed by atoms with Gasteiger partial charge in [0.2, 0.25) is 0 Å². The molecule has 11 heteroatoms. The topological polar surface area (TPSA) is 133 Å². The number of fused-ring (bicyclic) bond motifs is 2. The van der Waals surface area contributed by atoms with Crippen LogP contribution in [-0.4, -0.2) is 58.9 Å². The quantitative estimate of drug-likeness (QED) is 0.425. The number of carbonyl (C=O) groups is 2. The number of nitrogens with two attached hydrogens (primary N) is 1. The molecule has 2 aliphatic rings. The number of aryl methyl sites for hydroxylation is 2. The first-order valence-electron chi connectivity index (χ1n) is 11.6. The molecule has 2 unspecified atom stereocenters. The molecule has 2 amide bonds. The van der Waals surface area contributed by atoms with Crippen molar-refractivity contribution in [3.8, 4) is 0 Å². The number of aromatic nitrogens is 2. The lowest BCUT2D eigenvalue weighted by atomic mass is 9.91. The molecule has 1 saturated heterocycles. The first-order valence-corrected chi connectivity index (χ1v) is 12.4. The summed E-state index contributed by atoms with van der Waals surface area (Å²) in [7, 11) is 0. The van der Waals surface area contributed by atoms with Gasteiger partial charge < -0.3 is 26.4 Å². The summed E-state index contributed by atoms with van der Waals surface area (Å²) < 4.78 is 13.4. The number of halogens is 1. The van der Waals surface area contributed by atoms with E-state index in [1.807, 2.05) is 36.1 Å². The number of alkyl halides is 1. The minimum Gasteiger partial charge on any atom is -0.465 e. The molecule has 3 aromatic heterocycles. The molecule has 3 aromatic rings. The van der Waals surface area contributed by atoms with Crippen LogP contribution < -0.4 is 21.3 Å². The van der Waals surface area contributed by atoms with Crippen molar-refractivity contribution in [1.29, 1.82) is 0 Å². The first kappa shape index (κ1) is 23.3. The Morgan fingerprint density at radius 1 is 1.23 bits per heavy atom. The number of carboxylic acid groups (broad SMARTS) is 1. The van der Waals surface area contributed by atoms with Crippen LogP contribution in [0.2, 0.25) is 0 Å². The van der Waals surface area contributed by atoms with Gasteiger partial charge in [0.15, 0.2) is 0 Å². The number of amides is 2. The largest absolute Gasteiger partial charge is 0.465 e. The summed E-state index contributed by atoms with van der Waals surface area (Å²) in [6.07, 6.45) is 0.958. The van der Waals surface area contributed by atoms with Gasteiger partial charge in [0, 0.05) is 41.8 Å². The van der Waals surface area contributed by atoms with Crippen LogP contribution in [0, 0.1) is 12.8 Å². The monoisotopic (exact) mass is 498 g/mol. The van der Waals surface area contributed by atoms with E-state index in [9.17, 15) is 14.0 Å². The van der Waals surface area contributed by atoms with Crippen molar-refractivity contribution >= 4 is 45.1 Å². The Morgan fingerprint density at radius 2 is 2.06 bits per heavy atom. The van der Waals surface area contributed by atoms with E-state index >= 15 is 0 Å². The van der Waals surface area contributed by atoms with Gasteiger partial charge in [0.1, 0.15) is 15.5 Å². The third-order valence-corrected chi connectivity index (χ3v) is 7.91. The number of hydrogen-bond acceptors (Lipinski definition) is 7. The van der Waals surface area contributed by atoms with Gasteiger partial charge in [0.05, 0.1) is 18.4 Å². The van der Waals surface area contributed by atoms with Crippen molar-refractivity contribution in [1.82, 2.24) is 20.6 Å². The van der Waals surface area contributed by atoms with Gasteiger partial charge in [-0.25, -0.2) is 14.8 Å². The molecule has 3 atom stereocenters. The summed E-state index contributed by atoms with van der Waals surface area (Å²) in [5.74, 6) is 0.136. The lowest BCUT2D eigenvalue weighted by Crippen LogP contribution is -2.40. The van der Waals surface area contributed by atoms with E-state index in [0.717, 1.165) is 39.4 Å². The first-order chi connectivity index (χ1) is 16.8. The Balaban J connectivity index is 1.26. The van der Waals surface area contributed by atoms with Crippen LogP contribution >= 0.6 is 11.3 Å². The Morgan fingerprint density at radius 3 is 2.83 bits per heavy atom. The maximum Gasteiger partial charge on any atom is 0.404 e. The predicted molar refractivity (Wildman–Crippen MR) is 133 cm³/mol. The van der Waals surface area contributed by atoms with Gasteiger partial charge in [-0.1, -0.05) is 6.07 Å². The summed E-state index contributed by atoms with van der Waals surface area (Å²) in [5, 5.41) is 15.3. The van der Waals surface area contributed by atoms with E-state index in [-0.39, 0.29) is 11.9 Å². The maximum absolute atomic E-state index is 13.4. The second-order valence-electron chi connectivity index (χ2n) is 9.21. The lowest BCUT2D eigenvalue weighted by molar-refractivity contribution is 0.0938. The zero-order valence-electron chi connectivity index (χ0n) is 19.3. The molecule has 5 rings (SSSR count). The number of pyridine rings is 2. The van der Waals surface area contributed by atoms with Gasteiger partial charge >= 0.3 is 6.09 Å². The van der Waals surface area contributed by atoms with Crippen LogP contribution in [0.5, 0.6) is 0 Å². The molecule has 0 radical (unpaired) electrons. The summed E-state index contributed by atoms with van der Waals surface area (Å²) in [6, 6.07) is 7.17. The number of thiophene rings is 1. The second kappa shape index (κ2) is 9.29. The standard InChI is InChI=1S/C24H27FN6O3S/c1-12-2-5-16-20(26)21(35-23(16)27-12)22(32)28-15-4-6-17-13(8-15)3-7-19(29-17)31-10-14(9-25)18(11-31)30-24(33)34/h2-3,5,7,14-15,18,30H,4,6,8-11,26H2,1H3,(H,28,32)(H,33,34)/t14?,15-,18?/m0/s1. The van der Waals surface area contributed by atoms with Gasteiger partial charge in [0.25, 0.3) is 5.91 Å². The highest BCUT2D eigenvalue weighted by Gasteiger charge is 2.35. The number of nitrogen functional groups attached to an aromatic ring is 1. The molecule has 5 N–H and O–H groups in total. The van der Waals surface area contributed by atoms with Crippen molar-refractivity contribution in [2.24, 2.45) is 5.92 Å². The highest BCUT2D eigenvalue weighted by molar-refractivity contribution is 7.21. The third-order valence-electron chi connectivity index (χ3n) is 6.80. The molecule has 1 aliphatic heterocycles. The van der Waals surface area contributed by atoms with Crippen LogP contribution in [0.25, 0.3) is 10.2 Å². The van der Waals surface area contributed by atoms with Crippen molar-refractivity contribution in [3.05, 3.63) is 46.1 Å². The molecule has 0 spiro atoms. The van der Waals surface area contributed by atoms with Gasteiger partial charge in [-0.2, -0.15) is 0 Å². The SMILES string of the molecule is Cc1ccc2c(N)c(C(=O)N[C@H]3CCc4nc(N5CC(CF)C(NC(=O)O)C5)ccc4C3)sc2n1. The van der Waals surface area contributed by atoms with Crippen molar-refractivity contribution in [2.45, 2.75) is 38.3 Å². The zero-order valence-corrected chi connectivity index (χ0v) is 20.1. The fourth-order valence-electron chi connectivity index (χ4n) is 4.94. The van der Waals surface area contributed by atoms with Crippen molar-refractivity contribution in [3.63, 3.8) is 0 Å². The number of anilines is 2. The zero-order chi connectivity index (χ0) is 24.7. The molecule has 1 fully saturated rings. The summed E-state index contributed by atoms with van der Waals surface area (Å²) >= 11 is 1.31. The summed E-state index contributed by atoms with van der Waals surface area (Å²) in [5.41, 5.74) is 9.60. The molecule has 0 saturated carbocycles. The van der Waals surface area contributed by atoms with Gasteiger partial charge in [-0.3, -0.25) is 9.18 Å². The van der Waals surface area contributed by atoms with Crippen LogP contribution in [0.3, 0.4) is 0 Å². The van der Waals surface area contributed by atoms with E-state index in [1.54, 1.807) is 0 Å². The number of rotatable bonds is 5. The molecular formula is C24H27FN6O3S. The molecule has 0 aromatic carbocycles. The van der Waals surface area contributed by atoms with E-state index < -0.39 is 24.7 Å². The van der Waals surface area contributed by atoms with E-state index in [0.29, 0.717) is 36.5 Å². The van der Waals surface area contributed by atoms with Crippen LogP contribution in [0.1, 0.15) is 33.0 Å². The van der Waals surface area contributed by atoms with Crippen LogP contribution in [0.15, 0.2) is 24.3 Å². The number of hydrogen-bond donors (Lipinski definition) is 4. The summed E-state index contributed by atoms with van der Waals surface area (Å²) in [6.45, 7) is 2.11. The van der Waals surface area contributed by atoms with Gasteiger partial charge in [-0.05, 0) is 49.9 Å². The molecular weight excluding hydrogens is 471 g/mol. The Hall–Kier alpha value is -3.47. The highest BCUT2D eigenvalue weighted by Crippen LogP contribution is 2.33. The lowest BCUT2D eigenvalue weighted by Gasteiger charge is -2.26. The van der Waals surface area contributed by atoms with Gasteiger partial charge in [-0.15, -0.1) is 11.3 Å². The fraction of sp³-hybridized carbons (Fsp3) is 0.417. The Bertz CT molecular complexity index is 1300. The van der Waals surface area contributed by atoms with Crippen molar-refractivity contribution in [2.75, 3.05) is 30.4 Å². The fourth-order valence-corrected chi connectivity index (χ4v) is 5.99. The van der Waals surface area contributed by atoms with E-state index in [1.165, 1.54) is 11.3 Å². The average molecular weight is 499 g/mol. The Kier molecular flexibility index (Phi) is 6.18. The number of nitrogens with zero attached hydrogens (tertiary/aromatic N) is 3. The molecule has 184 valence electrons. The van der Waals surface area contributed by atoms with E-state index in [2.05, 4.69) is 15.6 Å². The average Bonchev–Trinajstić information content (AvgIpc) is 3.38. The normalized spacial score (nSPS) is 21.7. The summed E-state index contributed by atoms with van der Waals surface area (Å²) in [4.78, 5) is 36.4. The number of nitrogens with one attached hydrogen (secondary N) is 2. The second-order valence-corrected chi connectivity index (χ2v) is 10.2. The van der Waals surface area contributed by atoms with Crippen molar-refractivity contribution < 1.29 is 19.1 Å². The number of carbonyl (C=O) groups excluding carboxylic acids is 1. The minimum atomic E-state index is -1.15. The van der Waals surface area contributed by atoms with Crippen LogP contribution in [0.4, 0.5) is 20.7 Å².